The maximum Gasteiger partial charge on any atom is 0.253 e. The SMILES string of the molecule is O=C(C[C@@H]1CCCO1)Nc1ccc(C(=O)N2CCCCCC2)cc1. The van der Waals surface area contributed by atoms with E-state index in [0.717, 1.165) is 51.1 Å². The third-order valence-corrected chi connectivity index (χ3v) is 4.75. The molecular weight excluding hydrogens is 304 g/mol. The van der Waals surface area contributed by atoms with Crippen molar-refractivity contribution in [2.45, 2.75) is 51.0 Å². The molecule has 24 heavy (non-hydrogen) atoms. The third kappa shape index (κ3) is 4.57. The number of ether oxygens (including phenoxy) is 1. The second-order valence-corrected chi connectivity index (χ2v) is 6.67. The van der Waals surface area contributed by atoms with Crippen LogP contribution >= 0.6 is 0 Å². The summed E-state index contributed by atoms with van der Waals surface area (Å²) in [6.07, 6.45) is 7.02. The molecule has 1 aromatic rings. The maximum atomic E-state index is 12.5. The van der Waals surface area contributed by atoms with E-state index in [2.05, 4.69) is 5.32 Å². The number of rotatable bonds is 4. The van der Waals surface area contributed by atoms with Crippen LogP contribution in [0.4, 0.5) is 5.69 Å². The van der Waals surface area contributed by atoms with E-state index in [9.17, 15) is 9.59 Å². The summed E-state index contributed by atoms with van der Waals surface area (Å²) in [4.78, 5) is 26.5. The highest BCUT2D eigenvalue weighted by Crippen LogP contribution is 2.18. The number of benzene rings is 1. The monoisotopic (exact) mass is 330 g/mol. The Morgan fingerprint density at radius 3 is 2.38 bits per heavy atom. The number of carbonyl (C=O) groups is 2. The van der Waals surface area contributed by atoms with Gasteiger partial charge in [0.1, 0.15) is 0 Å². The second kappa shape index (κ2) is 8.29. The molecule has 0 bridgehead atoms. The van der Waals surface area contributed by atoms with E-state index in [0.29, 0.717) is 12.0 Å². The van der Waals surface area contributed by atoms with Gasteiger partial charge in [-0.2, -0.15) is 0 Å². The lowest BCUT2D eigenvalue weighted by Crippen LogP contribution is -2.31. The molecular formula is C19H26N2O3. The lowest BCUT2D eigenvalue weighted by Gasteiger charge is -2.20. The molecule has 1 atom stereocenters. The van der Waals surface area contributed by atoms with Crippen LogP contribution < -0.4 is 5.32 Å². The van der Waals surface area contributed by atoms with Crippen LogP contribution in [0.3, 0.4) is 0 Å². The highest BCUT2D eigenvalue weighted by molar-refractivity contribution is 5.96. The van der Waals surface area contributed by atoms with Gasteiger partial charge in [-0.25, -0.2) is 0 Å². The van der Waals surface area contributed by atoms with E-state index in [1.165, 1.54) is 12.8 Å². The van der Waals surface area contributed by atoms with Gasteiger partial charge in [0, 0.05) is 30.9 Å². The third-order valence-electron chi connectivity index (χ3n) is 4.75. The Morgan fingerprint density at radius 1 is 1.04 bits per heavy atom. The number of amides is 2. The standard InChI is InChI=1S/C19H26N2O3/c22-18(14-17-6-5-13-24-17)20-16-9-7-15(8-10-16)19(23)21-11-3-1-2-4-12-21/h7-10,17H,1-6,11-14H2,(H,20,22)/t17-/m0/s1. The summed E-state index contributed by atoms with van der Waals surface area (Å²) in [6, 6.07) is 7.21. The van der Waals surface area contributed by atoms with E-state index in [1.807, 2.05) is 4.90 Å². The van der Waals surface area contributed by atoms with Crippen LogP contribution in [0.2, 0.25) is 0 Å². The Hall–Kier alpha value is -1.88. The highest BCUT2D eigenvalue weighted by Gasteiger charge is 2.20. The molecule has 0 saturated carbocycles. The topological polar surface area (TPSA) is 58.6 Å². The summed E-state index contributed by atoms with van der Waals surface area (Å²) in [5.74, 6) is 0.0580. The van der Waals surface area contributed by atoms with E-state index in [4.69, 9.17) is 4.74 Å². The average molecular weight is 330 g/mol. The summed E-state index contributed by atoms with van der Waals surface area (Å²) in [5.41, 5.74) is 1.42. The van der Waals surface area contributed by atoms with Crippen molar-refractivity contribution in [3.05, 3.63) is 29.8 Å². The number of carbonyl (C=O) groups excluding carboxylic acids is 2. The molecule has 1 aromatic carbocycles. The molecule has 0 unspecified atom stereocenters. The van der Waals surface area contributed by atoms with Gasteiger partial charge in [0.25, 0.3) is 5.91 Å². The largest absolute Gasteiger partial charge is 0.378 e. The molecule has 0 aromatic heterocycles. The average Bonchev–Trinajstić information content (AvgIpc) is 2.94. The number of hydrogen-bond acceptors (Lipinski definition) is 3. The molecule has 2 amide bonds. The molecule has 2 aliphatic rings. The Kier molecular flexibility index (Phi) is 5.86. The predicted octanol–water partition coefficient (Wildman–Crippen LogP) is 3.21. The van der Waals surface area contributed by atoms with Crippen molar-refractivity contribution in [3.8, 4) is 0 Å². The number of nitrogens with zero attached hydrogens (tertiary/aromatic N) is 1. The molecule has 2 fully saturated rings. The first-order valence-electron chi connectivity index (χ1n) is 9.03. The van der Waals surface area contributed by atoms with Gasteiger partial charge in [0.2, 0.25) is 5.91 Å². The highest BCUT2D eigenvalue weighted by atomic mass is 16.5. The first-order chi connectivity index (χ1) is 11.7. The van der Waals surface area contributed by atoms with Crippen molar-refractivity contribution in [2.24, 2.45) is 0 Å². The Bertz CT molecular complexity index is 556. The van der Waals surface area contributed by atoms with Gasteiger partial charge in [-0.3, -0.25) is 9.59 Å². The minimum absolute atomic E-state index is 0.0338. The van der Waals surface area contributed by atoms with Crippen LogP contribution in [0.5, 0.6) is 0 Å². The summed E-state index contributed by atoms with van der Waals surface area (Å²) in [7, 11) is 0. The van der Waals surface area contributed by atoms with Crippen LogP contribution in [0.15, 0.2) is 24.3 Å². The van der Waals surface area contributed by atoms with Crippen molar-refractivity contribution in [1.29, 1.82) is 0 Å². The van der Waals surface area contributed by atoms with E-state index in [-0.39, 0.29) is 17.9 Å². The summed E-state index contributed by atoms with van der Waals surface area (Å²) in [6.45, 7) is 2.45. The first-order valence-corrected chi connectivity index (χ1v) is 9.03. The second-order valence-electron chi connectivity index (χ2n) is 6.67. The zero-order valence-corrected chi connectivity index (χ0v) is 14.1. The number of anilines is 1. The maximum absolute atomic E-state index is 12.5. The van der Waals surface area contributed by atoms with Crippen molar-refractivity contribution in [1.82, 2.24) is 4.90 Å². The zero-order chi connectivity index (χ0) is 16.8. The van der Waals surface area contributed by atoms with Gasteiger partial charge in [0.15, 0.2) is 0 Å². The fourth-order valence-electron chi connectivity index (χ4n) is 3.38. The molecule has 130 valence electrons. The van der Waals surface area contributed by atoms with E-state index >= 15 is 0 Å². The van der Waals surface area contributed by atoms with Gasteiger partial charge in [-0.15, -0.1) is 0 Å². The Morgan fingerprint density at radius 2 is 1.75 bits per heavy atom. The number of hydrogen-bond donors (Lipinski definition) is 1. The molecule has 2 saturated heterocycles. The molecule has 0 radical (unpaired) electrons. The predicted molar refractivity (Wildman–Crippen MR) is 93.0 cm³/mol. The van der Waals surface area contributed by atoms with Gasteiger partial charge >= 0.3 is 0 Å². The molecule has 1 N–H and O–H groups in total. The Balaban J connectivity index is 1.54. The normalized spacial score (nSPS) is 21.3. The van der Waals surface area contributed by atoms with Gasteiger partial charge in [-0.1, -0.05) is 12.8 Å². The van der Waals surface area contributed by atoms with Crippen LogP contribution in [0, 0.1) is 0 Å². The van der Waals surface area contributed by atoms with E-state index < -0.39 is 0 Å². The molecule has 0 aliphatic carbocycles. The van der Waals surface area contributed by atoms with Gasteiger partial charge < -0.3 is 15.0 Å². The molecule has 2 heterocycles. The molecule has 2 aliphatic heterocycles. The minimum atomic E-state index is -0.0338. The van der Waals surface area contributed by atoms with Gasteiger partial charge in [0.05, 0.1) is 12.5 Å². The quantitative estimate of drug-likeness (QED) is 0.922. The number of nitrogens with one attached hydrogen (secondary N) is 1. The van der Waals surface area contributed by atoms with Gasteiger partial charge in [-0.05, 0) is 49.9 Å². The van der Waals surface area contributed by atoms with Crippen LogP contribution in [0.1, 0.15) is 55.3 Å². The van der Waals surface area contributed by atoms with Crippen LogP contribution in [-0.4, -0.2) is 42.5 Å². The number of likely N-dealkylation sites (tertiary alicyclic amines) is 1. The van der Waals surface area contributed by atoms with E-state index in [1.54, 1.807) is 24.3 Å². The molecule has 3 rings (SSSR count). The Labute approximate surface area is 143 Å². The molecule has 5 heteroatoms. The summed E-state index contributed by atoms with van der Waals surface area (Å²) < 4.78 is 5.48. The summed E-state index contributed by atoms with van der Waals surface area (Å²) >= 11 is 0. The van der Waals surface area contributed by atoms with Crippen LogP contribution in [0.25, 0.3) is 0 Å². The van der Waals surface area contributed by atoms with Crippen molar-refractivity contribution >= 4 is 17.5 Å². The lowest BCUT2D eigenvalue weighted by molar-refractivity contribution is -0.118. The fraction of sp³-hybridized carbons (Fsp3) is 0.579. The minimum Gasteiger partial charge on any atom is -0.378 e. The first kappa shape index (κ1) is 17.0. The van der Waals surface area contributed by atoms with Crippen molar-refractivity contribution in [2.75, 3.05) is 25.0 Å². The lowest BCUT2D eigenvalue weighted by atomic mass is 10.1. The fourth-order valence-corrected chi connectivity index (χ4v) is 3.38. The smallest absolute Gasteiger partial charge is 0.253 e. The van der Waals surface area contributed by atoms with Crippen LogP contribution in [-0.2, 0) is 9.53 Å². The van der Waals surface area contributed by atoms with Crippen molar-refractivity contribution in [3.63, 3.8) is 0 Å². The zero-order valence-electron chi connectivity index (χ0n) is 14.1. The molecule has 0 spiro atoms. The summed E-state index contributed by atoms with van der Waals surface area (Å²) in [5, 5.41) is 2.88. The van der Waals surface area contributed by atoms with Crippen molar-refractivity contribution < 1.29 is 14.3 Å². The molecule has 5 nitrogen and oxygen atoms in total.